The summed E-state index contributed by atoms with van der Waals surface area (Å²) in [7, 11) is 0. The van der Waals surface area contributed by atoms with Crippen LogP contribution in [0, 0.1) is 6.92 Å². The second kappa shape index (κ2) is 11.1. The van der Waals surface area contributed by atoms with Crippen molar-refractivity contribution >= 4 is 11.9 Å². The van der Waals surface area contributed by atoms with Crippen molar-refractivity contribution < 1.29 is 14.7 Å². The average Bonchev–Trinajstić information content (AvgIpc) is 3.08. The van der Waals surface area contributed by atoms with E-state index in [0.717, 1.165) is 45.7 Å². The number of carboxylic acids is 1. The molecule has 0 atom stereocenters. The van der Waals surface area contributed by atoms with E-state index in [4.69, 9.17) is 0 Å². The molecular weight excluding hydrogens is 392 g/mol. The lowest BCUT2D eigenvalue weighted by Gasteiger charge is -2.34. The molecule has 1 aliphatic rings. The third-order valence-electron chi connectivity index (χ3n) is 5.95. The molecule has 0 bridgehead atoms. The first kappa shape index (κ1) is 23.0. The summed E-state index contributed by atoms with van der Waals surface area (Å²) >= 11 is 0. The minimum atomic E-state index is -0.973. The van der Waals surface area contributed by atoms with E-state index >= 15 is 0 Å². The molecule has 0 spiro atoms. The van der Waals surface area contributed by atoms with Crippen molar-refractivity contribution in [2.45, 2.75) is 39.8 Å². The lowest BCUT2D eigenvalue weighted by molar-refractivity contribution is -0.120. The molecule has 0 radical (unpaired) electrons. The van der Waals surface area contributed by atoms with Crippen LogP contribution in [-0.4, -0.2) is 70.6 Å². The van der Waals surface area contributed by atoms with Crippen LogP contribution in [0.25, 0.3) is 0 Å². The quantitative estimate of drug-likeness (QED) is 0.571. The number of aromatic nitrogens is 1. The lowest BCUT2D eigenvalue weighted by Crippen LogP contribution is -2.46. The summed E-state index contributed by atoms with van der Waals surface area (Å²) in [6.45, 7) is 11.2. The number of nitrogens with one attached hydrogen (secondary N) is 1. The van der Waals surface area contributed by atoms with E-state index in [2.05, 4.69) is 39.4 Å². The van der Waals surface area contributed by atoms with E-state index in [1.807, 2.05) is 23.8 Å². The van der Waals surface area contributed by atoms with E-state index in [9.17, 15) is 14.7 Å². The number of hydrogen-bond acceptors (Lipinski definition) is 4. The van der Waals surface area contributed by atoms with Gasteiger partial charge in [-0.15, -0.1) is 0 Å². The summed E-state index contributed by atoms with van der Waals surface area (Å²) in [5.41, 5.74) is 2.89. The Labute approximate surface area is 184 Å². The van der Waals surface area contributed by atoms with Crippen molar-refractivity contribution in [1.29, 1.82) is 0 Å². The molecule has 0 aliphatic carbocycles. The number of rotatable bonds is 10. The fraction of sp³-hybridized carbons (Fsp3) is 0.500. The Hall–Kier alpha value is -2.64. The Kier molecular flexibility index (Phi) is 8.26. The van der Waals surface area contributed by atoms with Gasteiger partial charge in [0.05, 0.1) is 12.0 Å². The van der Waals surface area contributed by atoms with Gasteiger partial charge >= 0.3 is 5.97 Å². The van der Waals surface area contributed by atoms with E-state index in [1.165, 1.54) is 5.56 Å². The fourth-order valence-corrected chi connectivity index (χ4v) is 4.27. The van der Waals surface area contributed by atoms with Crippen LogP contribution in [0.4, 0.5) is 0 Å². The van der Waals surface area contributed by atoms with E-state index in [1.54, 1.807) is 6.92 Å². The smallest absolute Gasteiger partial charge is 0.337 e. The first-order valence-corrected chi connectivity index (χ1v) is 11.1. The topological polar surface area (TPSA) is 77.8 Å². The molecule has 168 valence electrons. The zero-order chi connectivity index (χ0) is 22.2. The predicted octanol–water partition coefficient (Wildman–Crippen LogP) is 2.38. The second-order valence-electron chi connectivity index (χ2n) is 8.21. The molecule has 1 saturated heterocycles. The minimum absolute atomic E-state index is 0.0987. The molecule has 1 aromatic heterocycles. The van der Waals surface area contributed by atoms with Crippen molar-refractivity contribution in [2.75, 3.05) is 39.3 Å². The summed E-state index contributed by atoms with van der Waals surface area (Å²) in [5.74, 6) is -1.10. The van der Waals surface area contributed by atoms with Crippen LogP contribution in [-0.2, 0) is 24.3 Å². The Morgan fingerprint density at radius 3 is 2.39 bits per heavy atom. The van der Waals surface area contributed by atoms with Crippen molar-refractivity contribution in [3.63, 3.8) is 0 Å². The van der Waals surface area contributed by atoms with Crippen LogP contribution in [0.3, 0.4) is 0 Å². The van der Waals surface area contributed by atoms with Gasteiger partial charge in [-0.2, -0.15) is 0 Å². The highest BCUT2D eigenvalue weighted by molar-refractivity contribution is 5.93. The Morgan fingerprint density at radius 2 is 1.74 bits per heavy atom. The van der Waals surface area contributed by atoms with Crippen LogP contribution < -0.4 is 5.32 Å². The highest BCUT2D eigenvalue weighted by Crippen LogP contribution is 2.18. The van der Waals surface area contributed by atoms with Gasteiger partial charge in [-0.05, 0) is 37.9 Å². The van der Waals surface area contributed by atoms with Crippen molar-refractivity contribution in [3.05, 3.63) is 58.9 Å². The standard InChI is InChI=1S/C24H34N4O3/c1-3-28-17-19(2)23(24(30)31)21(28)16-22(29)25-10-7-11-26-12-14-27(15-13-26)18-20-8-5-4-6-9-20/h4-6,8-9,17H,3,7,10-16,18H2,1-2H3,(H,25,29)(H,30,31). The molecule has 0 unspecified atom stereocenters. The Bertz CT molecular complexity index is 870. The summed E-state index contributed by atoms with van der Waals surface area (Å²) < 4.78 is 1.85. The highest BCUT2D eigenvalue weighted by atomic mass is 16.4. The molecular formula is C24H34N4O3. The molecule has 1 amide bonds. The molecule has 2 N–H and O–H groups in total. The maximum Gasteiger partial charge on any atom is 0.337 e. The van der Waals surface area contributed by atoms with Crippen molar-refractivity contribution in [2.24, 2.45) is 0 Å². The van der Waals surface area contributed by atoms with Crippen LogP contribution in [0.1, 0.15) is 40.5 Å². The maximum absolute atomic E-state index is 12.4. The van der Waals surface area contributed by atoms with Gasteiger partial charge in [0.25, 0.3) is 0 Å². The molecule has 7 heteroatoms. The fourth-order valence-electron chi connectivity index (χ4n) is 4.27. The molecule has 1 fully saturated rings. The number of amides is 1. The zero-order valence-corrected chi connectivity index (χ0v) is 18.6. The van der Waals surface area contributed by atoms with E-state index in [0.29, 0.717) is 24.3 Å². The first-order valence-electron chi connectivity index (χ1n) is 11.1. The third-order valence-corrected chi connectivity index (χ3v) is 5.95. The number of aromatic carboxylic acids is 1. The van der Waals surface area contributed by atoms with E-state index < -0.39 is 5.97 Å². The van der Waals surface area contributed by atoms with Gasteiger partial charge in [0.15, 0.2) is 0 Å². The number of piperazine rings is 1. The molecule has 1 aliphatic heterocycles. The molecule has 3 rings (SSSR count). The predicted molar refractivity (Wildman–Crippen MR) is 121 cm³/mol. The van der Waals surface area contributed by atoms with Gasteiger partial charge in [-0.25, -0.2) is 4.79 Å². The van der Waals surface area contributed by atoms with Gasteiger partial charge in [0, 0.05) is 57.7 Å². The molecule has 2 heterocycles. The summed E-state index contributed by atoms with van der Waals surface area (Å²) in [5, 5.41) is 12.4. The zero-order valence-electron chi connectivity index (χ0n) is 18.6. The maximum atomic E-state index is 12.4. The SMILES string of the molecule is CCn1cc(C)c(C(=O)O)c1CC(=O)NCCCN1CCN(Cc2ccccc2)CC1. The summed E-state index contributed by atoms with van der Waals surface area (Å²) in [4.78, 5) is 28.9. The number of carbonyl (C=O) groups is 2. The first-order chi connectivity index (χ1) is 15.0. The number of aryl methyl sites for hydroxylation is 2. The molecule has 7 nitrogen and oxygen atoms in total. The lowest BCUT2D eigenvalue weighted by atomic mass is 10.1. The van der Waals surface area contributed by atoms with Gasteiger partial charge in [0.1, 0.15) is 0 Å². The molecule has 31 heavy (non-hydrogen) atoms. The van der Waals surface area contributed by atoms with Crippen LogP contribution >= 0.6 is 0 Å². The van der Waals surface area contributed by atoms with Crippen molar-refractivity contribution in [3.8, 4) is 0 Å². The highest BCUT2D eigenvalue weighted by Gasteiger charge is 2.21. The van der Waals surface area contributed by atoms with E-state index in [-0.39, 0.29) is 17.9 Å². The van der Waals surface area contributed by atoms with Gasteiger partial charge in [0.2, 0.25) is 5.91 Å². The minimum Gasteiger partial charge on any atom is -0.478 e. The van der Waals surface area contributed by atoms with Crippen LogP contribution in [0.5, 0.6) is 0 Å². The normalized spacial score (nSPS) is 15.2. The molecule has 1 aromatic carbocycles. The summed E-state index contributed by atoms with van der Waals surface area (Å²) in [6, 6.07) is 10.6. The Morgan fingerprint density at radius 1 is 1.06 bits per heavy atom. The second-order valence-corrected chi connectivity index (χ2v) is 8.21. The van der Waals surface area contributed by atoms with Crippen LogP contribution in [0.15, 0.2) is 36.5 Å². The Balaban J connectivity index is 1.36. The van der Waals surface area contributed by atoms with Crippen molar-refractivity contribution in [1.82, 2.24) is 19.7 Å². The van der Waals surface area contributed by atoms with Gasteiger partial charge in [-0.1, -0.05) is 30.3 Å². The summed E-state index contributed by atoms with van der Waals surface area (Å²) in [6.07, 6.45) is 2.80. The molecule has 2 aromatic rings. The monoisotopic (exact) mass is 426 g/mol. The average molecular weight is 427 g/mol. The molecule has 0 saturated carbocycles. The van der Waals surface area contributed by atoms with Gasteiger partial charge in [-0.3, -0.25) is 9.69 Å². The number of carboxylic acid groups (broad SMARTS) is 1. The third kappa shape index (κ3) is 6.42. The number of hydrogen-bond donors (Lipinski definition) is 2. The number of nitrogens with zero attached hydrogens (tertiary/aromatic N) is 3. The van der Waals surface area contributed by atoms with Gasteiger partial charge < -0.3 is 19.9 Å². The largest absolute Gasteiger partial charge is 0.478 e. The number of carbonyl (C=O) groups excluding carboxylic acids is 1. The van der Waals surface area contributed by atoms with Crippen LogP contribution in [0.2, 0.25) is 0 Å². The number of benzene rings is 1.